The molecule has 0 rings (SSSR count). The standard InChI is InChI=1S/C10H19NO4/c1-4-9(15-11(13)14)6-5-7-10(12)8(2)3/h8-9H,4-7H2,1-3H3. The number of nitrogens with zero attached hydrogens (tertiary/aromatic N) is 1. The van der Waals surface area contributed by atoms with E-state index in [2.05, 4.69) is 4.84 Å². The molecule has 15 heavy (non-hydrogen) atoms. The highest BCUT2D eigenvalue weighted by molar-refractivity contribution is 5.80. The Hall–Kier alpha value is -1.13. The Bertz CT molecular complexity index is 215. The predicted octanol–water partition coefficient (Wildman–Crippen LogP) is 2.37. The molecule has 5 nitrogen and oxygen atoms in total. The monoisotopic (exact) mass is 217 g/mol. The second kappa shape index (κ2) is 7.20. The average molecular weight is 217 g/mol. The summed E-state index contributed by atoms with van der Waals surface area (Å²) in [5.74, 6) is 0.243. The number of Topliss-reactive ketones (excluding diaryl/α,β-unsaturated/α-hetero) is 1. The normalized spacial score (nSPS) is 12.5. The van der Waals surface area contributed by atoms with E-state index in [0.29, 0.717) is 25.7 Å². The van der Waals surface area contributed by atoms with Gasteiger partial charge in [0.1, 0.15) is 11.9 Å². The first-order chi connectivity index (χ1) is 6.97. The Labute approximate surface area is 89.9 Å². The van der Waals surface area contributed by atoms with Gasteiger partial charge in [-0.3, -0.25) is 4.79 Å². The van der Waals surface area contributed by atoms with Crippen LogP contribution >= 0.6 is 0 Å². The lowest BCUT2D eigenvalue weighted by molar-refractivity contribution is -0.768. The molecule has 0 aliphatic rings. The van der Waals surface area contributed by atoms with Crippen molar-refractivity contribution in [2.75, 3.05) is 0 Å². The zero-order valence-corrected chi connectivity index (χ0v) is 9.56. The van der Waals surface area contributed by atoms with Crippen LogP contribution in [0.25, 0.3) is 0 Å². The van der Waals surface area contributed by atoms with Gasteiger partial charge < -0.3 is 4.84 Å². The van der Waals surface area contributed by atoms with Crippen LogP contribution in [0.5, 0.6) is 0 Å². The smallest absolute Gasteiger partial charge is 0.294 e. The molecule has 0 amide bonds. The topological polar surface area (TPSA) is 69.4 Å². The molecule has 1 atom stereocenters. The minimum absolute atomic E-state index is 0.0431. The second-order valence-electron chi connectivity index (χ2n) is 3.87. The van der Waals surface area contributed by atoms with Crippen molar-refractivity contribution in [3.8, 4) is 0 Å². The first kappa shape index (κ1) is 13.9. The summed E-state index contributed by atoms with van der Waals surface area (Å²) in [6.45, 7) is 5.54. The molecule has 0 aromatic rings. The summed E-state index contributed by atoms with van der Waals surface area (Å²) >= 11 is 0. The van der Waals surface area contributed by atoms with Crippen LogP contribution in [0.4, 0.5) is 0 Å². The maximum absolute atomic E-state index is 11.3. The van der Waals surface area contributed by atoms with Crippen molar-refractivity contribution < 1.29 is 14.7 Å². The van der Waals surface area contributed by atoms with Crippen LogP contribution in [-0.2, 0) is 9.63 Å². The van der Waals surface area contributed by atoms with E-state index in [-0.39, 0.29) is 17.8 Å². The third-order valence-electron chi connectivity index (χ3n) is 2.28. The molecule has 0 saturated carbocycles. The number of carbonyl (C=O) groups excluding carboxylic acids is 1. The SMILES string of the molecule is CCC(CCCC(=O)C(C)C)O[N+](=O)[O-]. The fourth-order valence-electron chi connectivity index (χ4n) is 1.25. The summed E-state index contributed by atoms with van der Waals surface area (Å²) in [7, 11) is 0. The first-order valence-electron chi connectivity index (χ1n) is 5.31. The van der Waals surface area contributed by atoms with Gasteiger partial charge in [0.05, 0.1) is 0 Å². The fourth-order valence-corrected chi connectivity index (χ4v) is 1.25. The second-order valence-corrected chi connectivity index (χ2v) is 3.87. The van der Waals surface area contributed by atoms with Crippen molar-refractivity contribution in [2.24, 2.45) is 5.92 Å². The summed E-state index contributed by atoms with van der Waals surface area (Å²) in [5.41, 5.74) is 0. The highest BCUT2D eigenvalue weighted by Gasteiger charge is 2.12. The minimum atomic E-state index is -0.765. The van der Waals surface area contributed by atoms with E-state index >= 15 is 0 Å². The number of hydrogen-bond acceptors (Lipinski definition) is 4. The molecular weight excluding hydrogens is 198 g/mol. The first-order valence-corrected chi connectivity index (χ1v) is 5.31. The molecule has 0 heterocycles. The Morgan fingerprint density at radius 2 is 2.07 bits per heavy atom. The number of rotatable bonds is 8. The molecule has 0 aliphatic heterocycles. The van der Waals surface area contributed by atoms with Gasteiger partial charge in [-0.15, -0.1) is 10.1 Å². The molecule has 88 valence electrons. The van der Waals surface area contributed by atoms with E-state index in [0.717, 1.165) is 0 Å². The Morgan fingerprint density at radius 1 is 1.47 bits per heavy atom. The summed E-state index contributed by atoms with van der Waals surface area (Å²) in [6.07, 6.45) is 1.92. The van der Waals surface area contributed by atoms with E-state index in [1.165, 1.54) is 0 Å². The van der Waals surface area contributed by atoms with Crippen LogP contribution in [0.2, 0.25) is 0 Å². The van der Waals surface area contributed by atoms with Gasteiger partial charge >= 0.3 is 0 Å². The molecule has 0 aromatic carbocycles. The van der Waals surface area contributed by atoms with Crippen LogP contribution in [0.3, 0.4) is 0 Å². The average Bonchev–Trinajstić information content (AvgIpc) is 2.15. The van der Waals surface area contributed by atoms with Crippen LogP contribution in [0.15, 0.2) is 0 Å². The van der Waals surface area contributed by atoms with Gasteiger partial charge in [0.2, 0.25) is 0 Å². The Kier molecular flexibility index (Phi) is 6.66. The molecule has 0 saturated heterocycles. The maximum atomic E-state index is 11.3. The lowest BCUT2D eigenvalue weighted by atomic mass is 10.0. The largest absolute Gasteiger partial charge is 0.311 e. The summed E-state index contributed by atoms with van der Waals surface area (Å²) in [5, 5.41) is 9.32. The van der Waals surface area contributed by atoms with E-state index in [1.807, 2.05) is 20.8 Å². The number of hydrogen-bond donors (Lipinski definition) is 0. The maximum Gasteiger partial charge on any atom is 0.294 e. The van der Waals surface area contributed by atoms with Gasteiger partial charge in [-0.05, 0) is 19.3 Å². The molecule has 0 fully saturated rings. The van der Waals surface area contributed by atoms with Crippen LogP contribution in [0, 0.1) is 16.0 Å². The molecule has 0 N–H and O–H groups in total. The fraction of sp³-hybridized carbons (Fsp3) is 0.900. The summed E-state index contributed by atoms with van der Waals surface area (Å²) in [4.78, 5) is 25.8. The van der Waals surface area contributed by atoms with Gasteiger partial charge in [0.25, 0.3) is 5.09 Å². The predicted molar refractivity (Wildman–Crippen MR) is 55.9 cm³/mol. The number of carbonyl (C=O) groups is 1. The molecule has 1 unspecified atom stereocenters. The van der Waals surface area contributed by atoms with Gasteiger partial charge in [-0.2, -0.15) is 0 Å². The van der Waals surface area contributed by atoms with Crippen molar-refractivity contribution in [3.63, 3.8) is 0 Å². The van der Waals surface area contributed by atoms with Crippen LogP contribution in [-0.4, -0.2) is 17.0 Å². The zero-order valence-electron chi connectivity index (χ0n) is 9.56. The molecule has 0 spiro atoms. The number of ketones is 1. The Balaban J connectivity index is 3.72. The molecular formula is C10H19NO4. The van der Waals surface area contributed by atoms with Gasteiger partial charge in [-0.1, -0.05) is 20.8 Å². The van der Waals surface area contributed by atoms with Crippen molar-refractivity contribution in [2.45, 2.75) is 52.6 Å². The third kappa shape index (κ3) is 6.88. The molecule has 0 bridgehead atoms. The van der Waals surface area contributed by atoms with Gasteiger partial charge in [0, 0.05) is 12.3 Å². The van der Waals surface area contributed by atoms with Gasteiger partial charge in [-0.25, -0.2) is 0 Å². The summed E-state index contributed by atoms with van der Waals surface area (Å²) < 4.78 is 0. The van der Waals surface area contributed by atoms with Crippen molar-refractivity contribution in [3.05, 3.63) is 10.1 Å². The van der Waals surface area contributed by atoms with Gasteiger partial charge in [0.15, 0.2) is 0 Å². The van der Waals surface area contributed by atoms with Crippen LogP contribution in [0.1, 0.15) is 46.5 Å². The Morgan fingerprint density at radius 3 is 2.47 bits per heavy atom. The quantitative estimate of drug-likeness (QED) is 0.462. The van der Waals surface area contributed by atoms with E-state index < -0.39 is 5.09 Å². The van der Waals surface area contributed by atoms with Crippen molar-refractivity contribution in [1.82, 2.24) is 0 Å². The minimum Gasteiger partial charge on any atom is -0.311 e. The lowest BCUT2D eigenvalue weighted by Crippen LogP contribution is -2.17. The van der Waals surface area contributed by atoms with Crippen LogP contribution < -0.4 is 0 Å². The molecule has 0 aromatic heterocycles. The third-order valence-corrected chi connectivity index (χ3v) is 2.28. The lowest BCUT2D eigenvalue weighted by Gasteiger charge is -2.12. The highest BCUT2D eigenvalue weighted by Crippen LogP contribution is 2.11. The van der Waals surface area contributed by atoms with E-state index in [9.17, 15) is 14.9 Å². The van der Waals surface area contributed by atoms with Crippen molar-refractivity contribution >= 4 is 5.78 Å². The molecule has 0 radical (unpaired) electrons. The molecule has 5 heteroatoms. The van der Waals surface area contributed by atoms with E-state index in [4.69, 9.17) is 0 Å². The highest BCUT2D eigenvalue weighted by atomic mass is 17.0. The molecule has 0 aliphatic carbocycles. The summed E-state index contributed by atoms with van der Waals surface area (Å²) in [6, 6.07) is 0. The van der Waals surface area contributed by atoms with Crippen molar-refractivity contribution in [1.29, 1.82) is 0 Å². The van der Waals surface area contributed by atoms with E-state index in [1.54, 1.807) is 0 Å². The zero-order chi connectivity index (χ0) is 11.8.